The Hall–Kier alpha value is -2.10. The van der Waals surface area contributed by atoms with Gasteiger partial charge in [-0.3, -0.25) is 0 Å². The smallest absolute Gasteiger partial charge is 0.135 e. The van der Waals surface area contributed by atoms with Crippen LogP contribution < -0.4 is 10.6 Å². The Morgan fingerprint density at radius 3 is 2.41 bits per heavy atom. The summed E-state index contributed by atoms with van der Waals surface area (Å²) in [4.78, 5) is 8.58. The fourth-order valence-electron chi connectivity index (χ4n) is 2.22. The van der Waals surface area contributed by atoms with Crippen molar-refractivity contribution in [3.8, 4) is 0 Å². The first-order valence-electron chi connectivity index (χ1n) is 7.78. The van der Waals surface area contributed by atoms with Crippen LogP contribution in [0.5, 0.6) is 0 Å². The summed E-state index contributed by atoms with van der Waals surface area (Å²) in [6.45, 7) is 11.9. The van der Waals surface area contributed by atoms with Crippen LogP contribution in [0.3, 0.4) is 0 Å². The molecule has 0 bridgehead atoms. The van der Waals surface area contributed by atoms with E-state index in [2.05, 4.69) is 73.4 Å². The van der Waals surface area contributed by atoms with Crippen LogP contribution in [0.1, 0.15) is 40.2 Å². The third-order valence-electron chi connectivity index (χ3n) is 3.36. The predicted octanol–water partition coefficient (Wildman–Crippen LogP) is 4.59. The Bertz CT molecular complexity index is 614. The summed E-state index contributed by atoms with van der Waals surface area (Å²) in [5.41, 5.74) is 2.43. The van der Waals surface area contributed by atoms with Crippen molar-refractivity contribution in [3.05, 3.63) is 42.2 Å². The Morgan fingerprint density at radius 1 is 1.05 bits per heavy atom. The Morgan fingerprint density at radius 2 is 1.73 bits per heavy atom. The first-order valence-corrected chi connectivity index (χ1v) is 7.78. The van der Waals surface area contributed by atoms with Gasteiger partial charge in [-0.05, 0) is 23.0 Å². The Labute approximate surface area is 133 Å². The van der Waals surface area contributed by atoms with Gasteiger partial charge in [-0.15, -0.1) is 0 Å². The van der Waals surface area contributed by atoms with Crippen LogP contribution in [0.15, 0.2) is 36.7 Å². The summed E-state index contributed by atoms with van der Waals surface area (Å²) in [7, 11) is 0. The van der Waals surface area contributed by atoms with E-state index in [0.29, 0.717) is 5.92 Å². The predicted molar refractivity (Wildman–Crippen MR) is 93.8 cm³/mol. The maximum Gasteiger partial charge on any atom is 0.135 e. The lowest BCUT2D eigenvalue weighted by Gasteiger charge is -2.23. The van der Waals surface area contributed by atoms with E-state index >= 15 is 0 Å². The first-order chi connectivity index (χ1) is 10.4. The summed E-state index contributed by atoms with van der Waals surface area (Å²) in [5, 5.41) is 6.74. The molecule has 0 fully saturated rings. The second kappa shape index (κ2) is 6.77. The quantitative estimate of drug-likeness (QED) is 0.848. The highest BCUT2D eigenvalue weighted by Gasteiger charge is 2.17. The zero-order valence-corrected chi connectivity index (χ0v) is 14.1. The molecule has 118 valence electrons. The van der Waals surface area contributed by atoms with Gasteiger partial charge in [-0.1, -0.05) is 52.8 Å². The first kappa shape index (κ1) is 16.3. The van der Waals surface area contributed by atoms with Crippen molar-refractivity contribution >= 4 is 17.3 Å². The summed E-state index contributed by atoms with van der Waals surface area (Å²) in [5.74, 6) is 2.23. The van der Waals surface area contributed by atoms with E-state index < -0.39 is 0 Å². The molecular weight excluding hydrogens is 272 g/mol. The highest BCUT2D eigenvalue weighted by Crippen LogP contribution is 2.30. The van der Waals surface area contributed by atoms with E-state index in [1.54, 1.807) is 6.33 Å². The molecule has 0 saturated heterocycles. The van der Waals surface area contributed by atoms with Crippen molar-refractivity contribution in [1.29, 1.82) is 0 Å². The van der Waals surface area contributed by atoms with Crippen LogP contribution in [0, 0.1) is 5.92 Å². The van der Waals surface area contributed by atoms with Gasteiger partial charge in [0.2, 0.25) is 0 Å². The van der Waals surface area contributed by atoms with Crippen molar-refractivity contribution in [2.45, 2.75) is 40.0 Å². The summed E-state index contributed by atoms with van der Waals surface area (Å²) >= 11 is 0. The van der Waals surface area contributed by atoms with Crippen molar-refractivity contribution in [2.24, 2.45) is 5.92 Å². The normalized spacial score (nSPS) is 11.5. The number of para-hydroxylation sites is 1. The molecule has 2 N–H and O–H groups in total. The Balaban J connectivity index is 2.19. The van der Waals surface area contributed by atoms with Gasteiger partial charge in [0.25, 0.3) is 0 Å². The average Bonchev–Trinajstić information content (AvgIpc) is 2.45. The Kier molecular flexibility index (Phi) is 5.01. The maximum atomic E-state index is 4.32. The number of nitrogens with one attached hydrogen (secondary N) is 2. The highest BCUT2D eigenvalue weighted by atomic mass is 15.1. The fraction of sp³-hybridized carbons (Fsp3) is 0.444. The van der Waals surface area contributed by atoms with Gasteiger partial charge >= 0.3 is 0 Å². The van der Waals surface area contributed by atoms with Crippen LogP contribution in [0.25, 0.3) is 0 Å². The minimum absolute atomic E-state index is 0.0787. The fourth-order valence-corrected chi connectivity index (χ4v) is 2.22. The lowest BCUT2D eigenvalue weighted by Crippen LogP contribution is -2.14. The molecule has 0 saturated carbocycles. The van der Waals surface area contributed by atoms with Gasteiger partial charge < -0.3 is 10.6 Å². The molecule has 2 aromatic rings. The summed E-state index contributed by atoms with van der Waals surface area (Å²) in [6.07, 6.45) is 1.59. The molecule has 0 aliphatic heterocycles. The van der Waals surface area contributed by atoms with E-state index in [4.69, 9.17) is 0 Å². The minimum atomic E-state index is 0.0787. The van der Waals surface area contributed by atoms with Crippen molar-refractivity contribution in [1.82, 2.24) is 9.97 Å². The third-order valence-corrected chi connectivity index (χ3v) is 3.36. The highest BCUT2D eigenvalue weighted by molar-refractivity contribution is 5.63. The number of hydrogen-bond donors (Lipinski definition) is 2. The molecule has 0 atom stereocenters. The van der Waals surface area contributed by atoms with E-state index in [-0.39, 0.29) is 5.41 Å². The van der Waals surface area contributed by atoms with Gasteiger partial charge in [-0.2, -0.15) is 0 Å². The number of nitrogens with zero attached hydrogens (tertiary/aromatic N) is 2. The number of benzene rings is 1. The second-order valence-corrected chi connectivity index (χ2v) is 6.98. The second-order valence-electron chi connectivity index (χ2n) is 6.98. The molecule has 0 aliphatic rings. The average molecular weight is 298 g/mol. The van der Waals surface area contributed by atoms with Gasteiger partial charge in [0.05, 0.1) is 0 Å². The molecule has 22 heavy (non-hydrogen) atoms. The van der Waals surface area contributed by atoms with Crippen molar-refractivity contribution in [3.63, 3.8) is 0 Å². The zero-order chi connectivity index (χ0) is 16.2. The minimum Gasteiger partial charge on any atom is -0.370 e. The molecule has 0 amide bonds. The lowest BCUT2D eigenvalue weighted by molar-refractivity contribution is 0.592. The van der Waals surface area contributed by atoms with E-state index in [9.17, 15) is 0 Å². The largest absolute Gasteiger partial charge is 0.370 e. The number of aromatic nitrogens is 2. The molecule has 0 radical (unpaired) electrons. The van der Waals surface area contributed by atoms with Crippen LogP contribution in [0.2, 0.25) is 0 Å². The maximum absolute atomic E-state index is 4.32. The van der Waals surface area contributed by atoms with Gasteiger partial charge in [0.1, 0.15) is 18.0 Å². The van der Waals surface area contributed by atoms with Crippen LogP contribution in [-0.2, 0) is 5.41 Å². The molecule has 1 aromatic heterocycles. The zero-order valence-electron chi connectivity index (χ0n) is 14.1. The SMILES string of the molecule is CC(C)CNc1cc(Nc2ccccc2C(C)(C)C)ncn1. The molecule has 2 rings (SSSR count). The molecular formula is C18H26N4. The van der Waals surface area contributed by atoms with E-state index in [1.165, 1.54) is 5.56 Å². The molecule has 1 heterocycles. The molecule has 0 unspecified atom stereocenters. The summed E-state index contributed by atoms with van der Waals surface area (Å²) in [6, 6.07) is 10.3. The van der Waals surface area contributed by atoms with E-state index in [0.717, 1.165) is 23.9 Å². The van der Waals surface area contributed by atoms with Crippen molar-refractivity contribution in [2.75, 3.05) is 17.2 Å². The standard InChI is InChI=1S/C18H26N4/c1-13(2)11-19-16-10-17(21-12-20-16)22-15-9-7-6-8-14(15)18(3,4)5/h6-10,12-13H,11H2,1-5H3,(H2,19,20,21,22). The molecule has 1 aromatic carbocycles. The molecule has 0 aliphatic carbocycles. The number of hydrogen-bond acceptors (Lipinski definition) is 4. The van der Waals surface area contributed by atoms with Gasteiger partial charge in [0, 0.05) is 18.3 Å². The van der Waals surface area contributed by atoms with Crippen LogP contribution in [0.4, 0.5) is 17.3 Å². The van der Waals surface area contributed by atoms with Crippen LogP contribution >= 0.6 is 0 Å². The molecule has 0 spiro atoms. The third kappa shape index (κ3) is 4.45. The van der Waals surface area contributed by atoms with Crippen molar-refractivity contribution < 1.29 is 0 Å². The number of anilines is 3. The topological polar surface area (TPSA) is 49.8 Å². The van der Waals surface area contributed by atoms with Gasteiger partial charge in [0.15, 0.2) is 0 Å². The number of rotatable bonds is 5. The lowest BCUT2D eigenvalue weighted by atomic mass is 9.86. The molecule has 4 nitrogen and oxygen atoms in total. The monoisotopic (exact) mass is 298 g/mol. The van der Waals surface area contributed by atoms with Crippen LogP contribution in [-0.4, -0.2) is 16.5 Å². The van der Waals surface area contributed by atoms with Gasteiger partial charge in [-0.25, -0.2) is 9.97 Å². The molecule has 4 heteroatoms. The van der Waals surface area contributed by atoms with E-state index in [1.807, 2.05) is 12.1 Å². The summed E-state index contributed by atoms with van der Waals surface area (Å²) < 4.78 is 0.